The molecule has 0 aliphatic carbocycles. The average Bonchev–Trinajstić information content (AvgIpc) is 3.64. The van der Waals surface area contributed by atoms with Gasteiger partial charge in [0.2, 0.25) is 0 Å². The Kier molecular flexibility index (Phi) is 5.40. The molecule has 0 unspecified atom stereocenters. The van der Waals surface area contributed by atoms with Gasteiger partial charge in [-0.25, -0.2) is 14.5 Å². The van der Waals surface area contributed by atoms with Gasteiger partial charge in [0.05, 0.1) is 11.7 Å². The number of carbonyl (C=O) groups excluding carboxylic acids is 1. The minimum atomic E-state index is -0.123. The number of piperidine rings is 1. The van der Waals surface area contributed by atoms with E-state index in [1.54, 1.807) is 23.3 Å². The number of nitrogens with two attached hydrogens (primary N) is 1. The maximum absolute atomic E-state index is 13.6. The first-order valence-electron chi connectivity index (χ1n) is 12.1. The predicted molar refractivity (Wildman–Crippen MR) is 129 cm³/mol. The van der Waals surface area contributed by atoms with E-state index in [1.165, 1.54) is 0 Å². The minimum absolute atomic E-state index is 0.0995. The highest BCUT2D eigenvalue weighted by Gasteiger charge is 2.32. The summed E-state index contributed by atoms with van der Waals surface area (Å²) < 4.78 is 3.51. The molecule has 0 bridgehead atoms. The van der Waals surface area contributed by atoms with Crippen molar-refractivity contribution in [3.63, 3.8) is 0 Å². The fourth-order valence-corrected chi connectivity index (χ4v) is 5.12. The van der Waals surface area contributed by atoms with Crippen molar-refractivity contribution in [1.29, 1.82) is 0 Å². The zero-order valence-electron chi connectivity index (χ0n) is 19.7. The third-order valence-corrected chi connectivity index (χ3v) is 6.89. The Balaban J connectivity index is 1.31. The van der Waals surface area contributed by atoms with Crippen LogP contribution in [0.4, 0.5) is 5.82 Å². The van der Waals surface area contributed by atoms with Gasteiger partial charge >= 0.3 is 0 Å². The molecule has 180 valence electrons. The van der Waals surface area contributed by atoms with Gasteiger partial charge in [0.15, 0.2) is 5.65 Å². The normalized spacial score (nSPS) is 20.6. The maximum Gasteiger partial charge on any atom is 0.273 e. The van der Waals surface area contributed by atoms with Gasteiger partial charge in [-0.05, 0) is 44.7 Å². The topological polar surface area (TPSA) is 123 Å². The molecule has 35 heavy (non-hydrogen) atoms. The van der Waals surface area contributed by atoms with E-state index in [2.05, 4.69) is 27.0 Å². The van der Waals surface area contributed by atoms with Gasteiger partial charge in [0, 0.05) is 43.5 Å². The molecule has 11 nitrogen and oxygen atoms in total. The van der Waals surface area contributed by atoms with Crippen molar-refractivity contribution in [2.45, 2.75) is 44.7 Å². The molecule has 11 heteroatoms. The standard InChI is InChI=1S/C24H28N10O/c1-16-12-34-22(29-23(16)31-10-8-17(25)13-31)11-19(30-34)20-6-2-3-9-33(20)24(35)18-5-4-7-21(28-18)32-14-26-27-15-32/h4-5,7,11-12,14-15,17,20H,2-3,6,8-10,13,25H2,1H3/t17-,20-/m0/s1. The molecule has 2 N–H and O–H groups in total. The lowest BCUT2D eigenvalue weighted by atomic mass is 9.99. The monoisotopic (exact) mass is 472 g/mol. The van der Waals surface area contributed by atoms with Gasteiger partial charge in [0.1, 0.15) is 30.0 Å². The van der Waals surface area contributed by atoms with E-state index in [1.807, 2.05) is 33.8 Å². The van der Waals surface area contributed by atoms with Crippen LogP contribution in [0.1, 0.15) is 53.5 Å². The average molecular weight is 473 g/mol. The number of likely N-dealkylation sites (tertiary alicyclic amines) is 1. The van der Waals surface area contributed by atoms with E-state index < -0.39 is 0 Å². The Labute approximate surface area is 202 Å². The minimum Gasteiger partial charge on any atom is -0.355 e. The summed E-state index contributed by atoms with van der Waals surface area (Å²) in [5, 5.41) is 12.5. The van der Waals surface area contributed by atoms with Crippen LogP contribution in [0.2, 0.25) is 0 Å². The van der Waals surface area contributed by atoms with Gasteiger partial charge in [-0.2, -0.15) is 5.10 Å². The molecule has 6 heterocycles. The number of fused-ring (bicyclic) bond motifs is 1. The van der Waals surface area contributed by atoms with Crippen molar-refractivity contribution in [3.8, 4) is 5.82 Å². The smallest absolute Gasteiger partial charge is 0.273 e. The highest BCUT2D eigenvalue weighted by molar-refractivity contribution is 5.93. The first kappa shape index (κ1) is 21.7. The molecular formula is C24H28N10O. The first-order chi connectivity index (χ1) is 17.1. The van der Waals surface area contributed by atoms with Crippen molar-refractivity contribution in [3.05, 3.63) is 60.1 Å². The van der Waals surface area contributed by atoms with Crippen molar-refractivity contribution in [2.24, 2.45) is 5.73 Å². The number of aromatic nitrogens is 7. The summed E-state index contributed by atoms with van der Waals surface area (Å²) in [6, 6.07) is 7.49. The summed E-state index contributed by atoms with van der Waals surface area (Å²) in [7, 11) is 0. The molecule has 2 saturated heterocycles. The van der Waals surface area contributed by atoms with E-state index in [-0.39, 0.29) is 18.0 Å². The Morgan fingerprint density at radius 1 is 1.09 bits per heavy atom. The number of carbonyl (C=O) groups is 1. The van der Waals surface area contributed by atoms with E-state index in [4.69, 9.17) is 15.8 Å². The van der Waals surface area contributed by atoms with Crippen molar-refractivity contribution >= 4 is 17.4 Å². The summed E-state index contributed by atoms with van der Waals surface area (Å²) >= 11 is 0. The van der Waals surface area contributed by atoms with Crippen molar-refractivity contribution in [1.82, 2.24) is 39.2 Å². The molecule has 2 aliphatic rings. The number of rotatable bonds is 4. The molecular weight excluding hydrogens is 444 g/mol. The van der Waals surface area contributed by atoms with Gasteiger partial charge in [-0.1, -0.05) is 6.07 Å². The Hall–Kier alpha value is -3.86. The molecule has 0 saturated carbocycles. The van der Waals surface area contributed by atoms with Crippen LogP contribution in [0.25, 0.3) is 11.5 Å². The number of amides is 1. The Morgan fingerprint density at radius 3 is 2.74 bits per heavy atom. The Bertz CT molecular complexity index is 1360. The molecule has 4 aromatic heterocycles. The van der Waals surface area contributed by atoms with Crippen LogP contribution in [0.3, 0.4) is 0 Å². The lowest BCUT2D eigenvalue weighted by Crippen LogP contribution is -2.39. The van der Waals surface area contributed by atoms with Crippen LogP contribution in [0.5, 0.6) is 0 Å². The SMILES string of the molecule is Cc1cn2nc([C@@H]3CCCCN3C(=O)c3cccc(-n4cnnc4)n3)cc2nc1N1CC[C@H](N)C1. The fourth-order valence-electron chi connectivity index (χ4n) is 5.12. The van der Waals surface area contributed by atoms with Crippen LogP contribution < -0.4 is 10.6 Å². The van der Waals surface area contributed by atoms with Crippen LogP contribution >= 0.6 is 0 Å². The number of hydrogen-bond acceptors (Lipinski definition) is 8. The van der Waals surface area contributed by atoms with Crippen molar-refractivity contribution < 1.29 is 4.79 Å². The van der Waals surface area contributed by atoms with Gasteiger partial charge in [-0.3, -0.25) is 9.36 Å². The van der Waals surface area contributed by atoms with Crippen molar-refractivity contribution in [2.75, 3.05) is 24.5 Å². The Morgan fingerprint density at radius 2 is 1.94 bits per heavy atom. The number of pyridine rings is 1. The van der Waals surface area contributed by atoms with Gasteiger partial charge < -0.3 is 15.5 Å². The number of anilines is 1. The molecule has 2 aliphatic heterocycles. The van der Waals surface area contributed by atoms with Crippen LogP contribution in [-0.4, -0.2) is 70.8 Å². The third kappa shape index (κ3) is 4.01. The predicted octanol–water partition coefficient (Wildman–Crippen LogP) is 1.92. The highest BCUT2D eigenvalue weighted by atomic mass is 16.2. The second-order valence-electron chi connectivity index (χ2n) is 9.37. The summed E-state index contributed by atoms with van der Waals surface area (Å²) in [4.78, 5) is 27.2. The summed E-state index contributed by atoms with van der Waals surface area (Å²) in [6.07, 6.45) is 8.98. The van der Waals surface area contributed by atoms with E-state index >= 15 is 0 Å². The summed E-state index contributed by atoms with van der Waals surface area (Å²) in [5.74, 6) is 1.47. The van der Waals surface area contributed by atoms with E-state index in [9.17, 15) is 4.79 Å². The highest BCUT2D eigenvalue weighted by Crippen LogP contribution is 2.32. The first-order valence-corrected chi connectivity index (χ1v) is 12.1. The third-order valence-electron chi connectivity index (χ3n) is 6.89. The lowest BCUT2D eigenvalue weighted by molar-refractivity contribution is 0.0599. The summed E-state index contributed by atoms with van der Waals surface area (Å²) in [6.45, 7) is 4.45. The van der Waals surface area contributed by atoms with Gasteiger partial charge in [0.25, 0.3) is 5.91 Å². The molecule has 0 spiro atoms. The van der Waals surface area contributed by atoms with Crippen LogP contribution in [0.15, 0.2) is 43.1 Å². The molecule has 0 aromatic carbocycles. The molecule has 0 radical (unpaired) electrons. The zero-order valence-corrected chi connectivity index (χ0v) is 19.7. The quantitative estimate of drug-likeness (QED) is 0.478. The largest absolute Gasteiger partial charge is 0.355 e. The number of hydrogen-bond donors (Lipinski definition) is 1. The summed E-state index contributed by atoms with van der Waals surface area (Å²) in [5.41, 5.74) is 9.22. The second-order valence-corrected chi connectivity index (χ2v) is 9.37. The second kappa shape index (κ2) is 8.73. The molecule has 4 aromatic rings. The van der Waals surface area contributed by atoms with Gasteiger partial charge in [-0.15, -0.1) is 10.2 Å². The lowest BCUT2D eigenvalue weighted by Gasteiger charge is -2.34. The molecule has 6 rings (SSSR count). The van der Waals surface area contributed by atoms with E-state index in [0.717, 1.165) is 61.5 Å². The maximum atomic E-state index is 13.6. The van der Waals surface area contributed by atoms with Crippen LogP contribution in [-0.2, 0) is 0 Å². The molecule has 2 fully saturated rings. The number of aryl methyl sites for hydroxylation is 1. The molecule has 1 amide bonds. The zero-order chi connectivity index (χ0) is 23.9. The fraction of sp³-hybridized carbons (Fsp3) is 0.417. The number of nitrogens with zero attached hydrogens (tertiary/aromatic N) is 9. The van der Waals surface area contributed by atoms with Crippen LogP contribution in [0, 0.1) is 6.92 Å². The van der Waals surface area contributed by atoms with E-state index in [0.29, 0.717) is 18.1 Å². The molecule has 2 atom stereocenters.